The van der Waals surface area contributed by atoms with E-state index in [0.29, 0.717) is 47.9 Å². The molecule has 3 heterocycles. The third kappa shape index (κ3) is 5.83. The molecule has 2 aliphatic carbocycles. The molecule has 0 radical (unpaired) electrons. The fraction of sp³-hybridized carbons (Fsp3) is 0.528. The Balaban J connectivity index is 1.31. The van der Waals surface area contributed by atoms with Gasteiger partial charge in [0, 0.05) is 47.3 Å². The number of rotatable bonds is 4. The molecular formula is C36H45N5O2S. The standard InChI is InChI=1S/C36H45N5O2S/c1-23(2)17-30-31-22-40(15-16-41(30)27-20-36(21-27)13-5-6-14-36)34(42)26-11-8-12-28(18-26)44-39-35-37-29(19-32(38-35)43-31)33-24(3)9-7-10-25(33)4/h7-12,18-19,23,27,30-31H,5-6,13-17,20-22H2,1-4H3,(H,37,38,39)/t30-,31+/m1/s1. The molecule has 2 aromatic carbocycles. The summed E-state index contributed by atoms with van der Waals surface area (Å²) >= 11 is 1.42. The van der Waals surface area contributed by atoms with E-state index in [0.717, 1.165) is 29.1 Å². The summed E-state index contributed by atoms with van der Waals surface area (Å²) in [5.41, 5.74) is 5.54. The van der Waals surface area contributed by atoms with Crippen LogP contribution in [0.4, 0.5) is 5.95 Å². The summed E-state index contributed by atoms with van der Waals surface area (Å²) in [5.74, 6) is 1.63. The van der Waals surface area contributed by atoms with Gasteiger partial charge in [0.25, 0.3) is 5.91 Å². The summed E-state index contributed by atoms with van der Waals surface area (Å²) in [7, 11) is 0. The Morgan fingerprint density at radius 1 is 1.02 bits per heavy atom. The van der Waals surface area contributed by atoms with Crippen LogP contribution in [0.1, 0.15) is 80.3 Å². The lowest BCUT2D eigenvalue weighted by molar-refractivity contribution is -0.0430. The number of hydrogen-bond donors (Lipinski definition) is 1. The Labute approximate surface area is 266 Å². The number of amides is 1. The molecule has 1 N–H and O–H groups in total. The highest BCUT2D eigenvalue weighted by Crippen LogP contribution is 2.55. The molecule has 7 rings (SSSR count). The van der Waals surface area contributed by atoms with Gasteiger partial charge in [0.2, 0.25) is 11.8 Å². The molecule has 3 aromatic rings. The largest absolute Gasteiger partial charge is 0.471 e. The minimum absolute atomic E-state index is 0.0698. The van der Waals surface area contributed by atoms with Gasteiger partial charge in [-0.15, -0.1) is 0 Å². The maximum Gasteiger partial charge on any atom is 0.254 e. The van der Waals surface area contributed by atoms with Gasteiger partial charge in [-0.05, 0) is 98.6 Å². The van der Waals surface area contributed by atoms with E-state index < -0.39 is 0 Å². The molecule has 2 saturated carbocycles. The molecule has 44 heavy (non-hydrogen) atoms. The Kier molecular flexibility index (Phi) is 8.08. The van der Waals surface area contributed by atoms with Gasteiger partial charge in [-0.3, -0.25) is 14.4 Å². The molecular weight excluding hydrogens is 566 g/mol. The van der Waals surface area contributed by atoms with Crippen LogP contribution in [-0.2, 0) is 0 Å². The first-order chi connectivity index (χ1) is 21.3. The number of aryl methyl sites for hydroxylation is 2. The first-order valence-electron chi connectivity index (χ1n) is 16.5. The lowest BCUT2D eigenvalue weighted by atomic mass is 9.63. The maximum atomic E-state index is 14.1. The fourth-order valence-corrected chi connectivity index (χ4v) is 8.92. The molecule has 8 heteroatoms. The normalized spacial score (nSPS) is 23.7. The van der Waals surface area contributed by atoms with E-state index >= 15 is 0 Å². The second-order valence-corrected chi connectivity index (χ2v) is 14.9. The third-order valence-corrected chi connectivity index (χ3v) is 11.2. The lowest BCUT2D eigenvalue weighted by Crippen LogP contribution is -2.58. The van der Waals surface area contributed by atoms with Gasteiger partial charge in [-0.25, -0.2) is 4.98 Å². The van der Waals surface area contributed by atoms with Crippen LogP contribution >= 0.6 is 11.9 Å². The molecule has 7 nitrogen and oxygen atoms in total. The van der Waals surface area contributed by atoms with Crippen molar-refractivity contribution in [3.8, 4) is 17.1 Å². The summed E-state index contributed by atoms with van der Waals surface area (Å²) < 4.78 is 10.4. The number of anilines is 1. The van der Waals surface area contributed by atoms with Crippen LogP contribution in [-0.4, -0.2) is 63.5 Å². The zero-order valence-corrected chi connectivity index (χ0v) is 27.3. The molecule has 1 amide bonds. The summed E-state index contributed by atoms with van der Waals surface area (Å²) in [4.78, 5) is 29.6. The predicted molar refractivity (Wildman–Crippen MR) is 177 cm³/mol. The van der Waals surface area contributed by atoms with Crippen molar-refractivity contribution >= 4 is 23.8 Å². The van der Waals surface area contributed by atoms with Gasteiger partial charge in [0.15, 0.2) is 0 Å². The third-order valence-electron chi connectivity index (χ3n) is 10.4. The van der Waals surface area contributed by atoms with Gasteiger partial charge in [-0.2, -0.15) is 4.98 Å². The van der Waals surface area contributed by atoms with E-state index in [2.05, 4.69) is 55.5 Å². The van der Waals surface area contributed by atoms with Gasteiger partial charge >= 0.3 is 0 Å². The highest BCUT2D eigenvalue weighted by atomic mass is 32.2. The van der Waals surface area contributed by atoms with Crippen LogP contribution in [0.3, 0.4) is 0 Å². The number of aromatic nitrogens is 2. The maximum absolute atomic E-state index is 14.1. The van der Waals surface area contributed by atoms with Gasteiger partial charge in [-0.1, -0.05) is 51.0 Å². The number of benzene rings is 2. The first kappa shape index (κ1) is 29.6. The molecule has 1 aromatic heterocycles. The SMILES string of the molecule is Cc1cccc(C)c1-c1cc2nc(n1)NSc1cccc(c1)C(=O)N1CCN(C3CC4(CCCC4)C3)[C@H](CC(C)C)[C@H](C1)O2. The Bertz CT molecular complexity index is 1510. The zero-order chi connectivity index (χ0) is 30.4. The van der Waals surface area contributed by atoms with E-state index in [9.17, 15) is 4.79 Å². The van der Waals surface area contributed by atoms with E-state index in [1.54, 1.807) is 0 Å². The number of fused-ring (bicyclic) bond motifs is 6. The monoisotopic (exact) mass is 611 g/mol. The van der Waals surface area contributed by atoms with Crippen LogP contribution in [0.5, 0.6) is 5.88 Å². The number of hydrogen-bond acceptors (Lipinski definition) is 7. The quantitative estimate of drug-likeness (QED) is 0.306. The molecule has 4 aliphatic rings. The molecule has 2 atom stereocenters. The number of nitrogens with one attached hydrogen (secondary N) is 1. The Hall–Kier alpha value is -3.10. The molecule has 232 valence electrons. The van der Waals surface area contributed by atoms with Crippen LogP contribution < -0.4 is 9.46 Å². The van der Waals surface area contributed by atoms with E-state index in [4.69, 9.17) is 14.7 Å². The van der Waals surface area contributed by atoms with Crippen molar-refractivity contribution in [3.05, 3.63) is 65.2 Å². The average Bonchev–Trinajstić information content (AvgIpc) is 3.41. The molecule has 2 aliphatic heterocycles. The van der Waals surface area contributed by atoms with Crippen molar-refractivity contribution in [2.75, 3.05) is 24.4 Å². The van der Waals surface area contributed by atoms with E-state index in [-0.39, 0.29) is 18.1 Å². The molecule has 1 spiro atoms. The van der Waals surface area contributed by atoms with Gasteiger partial charge in [0.05, 0.1) is 12.2 Å². The second-order valence-electron chi connectivity index (χ2n) is 14.0. The van der Waals surface area contributed by atoms with Gasteiger partial charge < -0.3 is 9.64 Å². The Morgan fingerprint density at radius 3 is 2.52 bits per heavy atom. The topological polar surface area (TPSA) is 70.6 Å². The van der Waals surface area contributed by atoms with E-state index in [1.807, 2.05) is 35.2 Å². The highest BCUT2D eigenvalue weighted by molar-refractivity contribution is 8.00. The van der Waals surface area contributed by atoms with Crippen LogP contribution in [0.2, 0.25) is 0 Å². The van der Waals surface area contributed by atoms with Crippen LogP contribution in [0, 0.1) is 25.2 Å². The van der Waals surface area contributed by atoms with Crippen molar-refractivity contribution in [1.82, 2.24) is 19.8 Å². The second kappa shape index (κ2) is 12.0. The predicted octanol–water partition coefficient (Wildman–Crippen LogP) is 7.54. The number of carbonyl (C=O) groups excluding carboxylic acids is 1. The average molecular weight is 612 g/mol. The summed E-state index contributed by atoms with van der Waals surface area (Å²) in [6, 6.07) is 17.0. The van der Waals surface area contributed by atoms with Crippen molar-refractivity contribution in [2.24, 2.45) is 11.3 Å². The summed E-state index contributed by atoms with van der Waals surface area (Å²) in [6.45, 7) is 11.0. The van der Waals surface area contributed by atoms with Crippen molar-refractivity contribution in [1.29, 1.82) is 0 Å². The summed E-state index contributed by atoms with van der Waals surface area (Å²) in [5, 5.41) is 0. The van der Waals surface area contributed by atoms with Crippen molar-refractivity contribution in [2.45, 2.75) is 95.7 Å². The Morgan fingerprint density at radius 2 is 1.77 bits per heavy atom. The van der Waals surface area contributed by atoms with Crippen LogP contribution in [0.15, 0.2) is 53.4 Å². The zero-order valence-electron chi connectivity index (χ0n) is 26.5. The fourth-order valence-electron chi connectivity index (χ4n) is 8.29. The van der Waals surface area contributed by atoms with Gasteiger partial charge in [0.1, 0.15) is 6.10 Å². The smallest absolute Gasteiger partial charge is 0.254 e. The molecule has 0 unspecified atom stereocenters. The number of ether oxygens (including phenoxy) is 1. The highest BCUT2D eigenvalue weighted by Gasteiger charge is 2.50. The molecule has 6 bridgehead atoms. The molecule has 3 fully saturated rings. The summed E-state index contributed by atoms with van der Waals surface area (Å²) in [6.07, 6.45) is 8.86. The van der Waals surface area contributed by atoms with Crippen molar-refractivity contribution < 1.29 is 9.53 Å². The minimum Gasteiger partial charge on any atom is -0.471 e. The lowest BCUT2D eigenvalue weighted by Gasteiger charge is -2.53. The number of nitrogens with zero attached hydrogens (tertiary/aromatic N) is 4. The number of carbonyl (C=O) groups is 1. The van der Waals surface area contributed by atoms with E-state index in [1.165, 1.54) is 61.6 Å². The minimum atomic E-state index is -0.214. The van der Waals surface area contributed by atoms with Crippen molar-refractivity contribution in [3.63, 3.8) is 0 Å². The van der Waals surface area contributed by atoms with Crippen LogP contribution in [0.25, 0.3) is 11.3 Å². The first-order valence-corrected chi connectivity index (χ1v) is 17.3. The molecule has 1 saturated heterocycles.